The van der Waals surface area contributed by atoms with Crippen LogP contribution < -0.4 is 15.8 Å². The highest BCUT2D eigenvalue weighted by Gasteiger charge is 2.24. The Labute approximate surface area is 122 Å². The van der Waals surface area contributed by atoms with Crippen LogP contribution in [0.15, 0.2) is 6.07 Å². The number of nitrogens with two attached hydrogens (primary N) is 1. The van der Waals surface area contributed by atoms with Gasteiger partial charge in [-0.15, -0.1) is 0 Å². The maximum Gasteiger partial charge on any atom is 0.226 e. The van der Waals surface area contributed by atoms with Gasteiger partial charge in [-0.2, -0.15) is 4.98 Å². The molecule has 1 aromatic rings. The van der Waals surface area contributed by atoms with Gasteiger partial charge < -0.3 is 15.8 Å². The number of ether oxygens (including phenoxy) is 1. The monoisotopic (exact) mass is 280 g/mol. The van der Waals surface area contributed by atoms with Crippen molar-refractivity contribution in [2.45, 2.75) is 47.0 Å². The summed E-state index contributed by atoms with van der Waals surface area (Å²) in [5.41, 5.74) is 6.92. The van der Waals surface area contributed by atoms with E-state index in [-0.39, 0.29) is 5.41 Å². The molecule has 3 N–H and O–H groups in total. The van der Waals surface area contributed by atoms with Crippen molar-refractivity contribution in [3.05, 3.63) is 11.8 Å². The molecule has 20 heavy (non-hydrogen) atoms. The first-order valence-electron chi connectivity index (χ1n) is 7.51. The summed E-state index contributed by atoms with van der Waals surface area (Å²) in [6, 6.07) is 1.86. The third-order valence-electron chi connectivity index (χ3n) is 3.84. The van der Waals surface area contributed by atoms with Crippen molar-refractivity contribution >= 4 is 5.95 Å². The lowest BCUT2D eigenvalue weighted by Crippen LogP contribution is -2.36. The highest BCUT2D eigenvalue weighted by Crippen LogP contribution is 2.25. The van der Waals surface area contributed by atoms with Crippen LogP contribution in [0.4, 0.5) is 5.95 Å². The van der Waals surface area contributed by atoms with E-state index in [1.807, 2.05) is 13.0 Å². The van der Waals surface area contributed by atoms with Crippen LogP contribution in [0.25, 0.3) is 0 Å². The van der Waals surface area contributed by atoms with Gasteiger partial charge >= 0.3 is 0 Å². The summed E-state index contributed by atoms with van der Waals surface area (Å²) in [7, 11) is 0. The van der Waals surface area contributed by atoms with E-state index in [0.717, 1.165) is 31.5 Å². The molecule has 1 heterocycles. The maximum atomic E-state index is 5.91. The molecular weight excluding hydrogens is 252 g/mol. The first-order chi connectivity index (χ1) is 9.59. The van der Waals surface area contributed by atoms with Crippen LogP contribution in [0, 0.1) is 12.3 Å². The van der Waals surface area contributed by atoms with Crippen molar-refractivity contribution in [3.8, 4) is 5.88 Å². The van der Waals surface area contributed by atoms with Gasteiger partial charge in [0.1, 0.15) is 0 Å². The van der Waals surface area contributed by atoms with Gasteiger partial charge in [0.15, 0.2) is 0 Å². The fourth-order valence-electron chi connectivity index (χ4n) is 2.03. The van der Waals surface area contributed by atoms with Gasteiger partial charge in [0.05, 0.1) is 6.61 Å². The minimum atomic E-state index is 0.109. The molecule has 1 aromatic heterocycles. The lowest BCUT2D eigenvalue weighted by atomic mass is 9.82. The number of hydrogen-bond donors (Lipinski definition) is 2. The van der Waals surface area contributed by atoms with E-state index in [9.17, 15) is 0 Å². The van der Waals surface area contributed by atoms with Crippen LogP contribution in [0.5, 0.6) is 5.88 Å². The van der Waals surface area contributed by atoms with Gasteiger partial charge in [-0.1, -0.05) is 20.8 Å². The second-order valence-electron chi connectivity index (χ2n) is 5.28. The average Bonchev–Trinajstić information content (AvgIpc) is 2.47. The number of rotatable bonds is 9. The van der Waals surface area contributed by atoms with Crippen LogP contribution in [0.3, 0.4) is 0 Å². The van der Waals surface area contributed by atoms with E-state index in [0.29, 0.717) is 25.0 Å². The largest absolute Gasteiger partial charge is 0.478 e. The molecule has 0 fully saturated rings. The summed E-state index contributed by atoms with van der Waals surface area (Å²) in [6.07, 6.45) is 3.05. The third kappa shape index (κ3) is 4.63. The van der Waals surface area contributed by atoms with Gasteiger partial charge in [-0.3, -0.25) is 0 Å². The average molecular weight is 280 g/mol. The second kappa shape index (κ2) is 8.04. The van der Waals surface area contributed by atoms with E-state index in [4.69, 9.17) is 10.5 Å². The molecule has 0 aromatic carbocycles. The zero-order chi connectivity index (χ0) is 15.0. The number of hydrogen-bond acceptors (Lipinski definition) is 5. The number of anilines is 1. The van der Waals surface area contributed by atoms with Crippen molar-refractivity contribution in [1.29, 1.82) is 0 Å². The first kappa shape index (κ1) is 16.7. The Morgan fingerprint density at radius 2 is 1.95 bits per heavy atom. The van der Waals surface area contributed by atoms with E-state index in [1.54, 1.807) is 0 Å². The van der Waals surface area contributed by atoms with Crippen molar-refractivity contribution in [2.75, 3.05) is 25.0 Å². The smallest absolute Gasteiger partial charge is 0.226 e. The number of aryl methyl sites for hydroxylation is 1. The summed E-state index contributed by atoms with van der Waals surface area (Å²) in [4.78, 5) is 8.80. The fraction of sp³-hybridized carbons (Fsp3) is 0.733. The summed E-state index contributed by atoms with van der Waals surface area (Å²) in [5.74, 6) is 1.25. The molecule has 0 bridgehead atoms. The molecule has 0 saturated carbocycles. The van der Waals surface area contributed by atoms with Crippen molar-refractivity contribution < 1.29 is 4.74 Å². The molecule has 5 heteroatoms. The van der Waals surface area contributed by atoms with Crippen LogP contribution in [0.1, 0.15) is 45.7 Å². The molecule has 5 nitrogen and oxygen atoms in total. The minimum absolute atomic E-state index is 0.109. The first-order valence-corrected chi connectivity index (χ1v) is 7.51. The molecule has 0 aliphatic rings. The second-order valence-corrected chi connectivity index (χ2v) is 5.28. The molecule has 1 rings (SSSR count). The Bertz CT molecular complexity index is 397. The van der Waals surface area contributed by atoms with E-state index in [2.05, 4.69) is 36.1 Å². The van der Waals surface area contributed by atoms with Crippen molar-refractivity contribution in [3.63, 3.8) is 0 Å². The Kier molecular flexibility index (Phi) is 6.71. The number of nitrogens with zero attached hydrogens (tertiary/aromatic N) is 2. The molecule has 0 unspecified atom stereocenters. The topological polar surface area (TPSA) is 73.1 Å². The molecule has 114 valence electrons. The lowest BCUT2D eigenvalue weighted by Gasteiger charge is -2.30. The fourth-order valence-corrected chi connectivity index (χ4v) is 2.03. The Morgan fingerprint density at radius 3 is 2.50 bits per heavy atom. The molecule has 0 radical (unpaired) electrons. The standard InChI is InChI=1S/C15H28N4O/c1-5-8-20-13-9-12(4)18-14(19-13)17-11-15(6-2,7-3)10-16/h9H,5-8,10-11,16H2,1-4H3,(H,17,18,19). The van der Waals surface area contributed by atoms with Gasteiger partial charge in [-0.25, -0.2) is 4.98 Å². The Balaban J connectivity index is 2.74. The predicted molar refractivity (Wildman–Crippen MR) is 83.1 cm³/mol. The summed E-state index contributed by atoms with van der Waals surface area (Å²) < 4.78 is 5.57. The molecule has 0 aliphatic carbocycles. The van der Waals surface area contributed by atoms with Crippen molar-refractivity contribution in [2.24, 2.45) is 11.1 Å². The molecule has 0 amide bonds. The lowest BCUT2D eigenvalue weighted by molar-refractivity contribution is 0.292. The SMILES string of the molecule is CCCOc1cc(C)nc(NCC(CC)(CC)CN)n1. The number of nitrogens with one attached hydrogen (secondary N) is 1. The van der Waals surface area contributed by atoms with Crippen LogP contribution in [-0.2, 0) is 0 Å². The van der Waals surface area contributed by atoms with Crippen LogP contribution in [-0.4, -0.2) is 29.7 Å². The molecule has 0 atom stereocenters. The van der Waals surface area contributed by atoms with Crippen LogP contribution >= 0.6 is 0 Å². The van der Waals surface area contributed by atoms with E-state index >= 15 is 0 Å². The van der Waals surface area contributed by atoms with Gasteiger partial charge in [0.2, 0.25) is 11.8 Å². The molecular formula is C15H28N4O. The molecule has 0 aliphatic heterocycles. The van der Waals surface area contributed by atoms with Gasteiger partial charge in [-0.05, 0) is 38.1 Å². The zero-order valence-electron chi connectivity index (χ0n) is 13.2. The van der Waals surface area contributed by atoms with Crippen LogP contribution in [0.2, 0.25) is 0 Å². The van der Waals surface area contributed by atoms with Crippen molar-refractivity contribution in [1.82, 2.24) is 9.97 Å². The summed E-state index contributed by atoms with van der Waals surface area (Å²) in [5, 5.41) is 3.31. The summed E-state index contributed by atoms with van der Waals surface area (Å²) in [6.45, 7) is 10.5. The zero-order valence-corrected chi connectivity index (χ0v) is 13.2. The Morgan fingerprint density at radius 1 is 1.25 bits per heavy atom. The molecule has 0 spiro atoms. The normalized spacial score (nSPS) is 11.4. The van der Waals surface area contributed by atoms with E-state index < -0.39 is 0 Å². The molecule has 0 saturated heterocycles. The minimum Gasteiger partial charge on any atom is -0.478 e. The highest BCUT2D eigenvalue weighted by molar-refractivity contribution is 5.31. The quantitative estimate of drug-likeness (QED) is 0.727. The van der Waals surface area contributed by atoms with E-state index in [1.165, 1.54) is 0 Å². The highest BCUT2D eigenvalue weighted by atomic mass is 16.5. The number of aromatic nitrogens is 2. The predicted octanol–water partition coefficient (Wildman–Crippen LogP) is 2.75. The van der Waals surface area contributed by atoms with Gasteiger partial charge in [0.25, 0.3) is 0 Å². The Hall–Kier alpha value is -1.36. The summed E-state index contributed by atoms with van der Waals surface area (Å²) >= 11 is 0. The third-order valence-corrected chi connectivity index (χ3v) is 3.84. The van der Waals surface area contributed by atoms with Gasteiger partial charge in [0, 0.05) is 18.3 Å². The maximum absolute atomic E-state index is 5.91.